The van der Waals surface area contributed by atoms with Crippen molar-refractivity contribution in [2.75, 3.05) is 0 Å². The SMILES string of the molecule is CCCCCCCCCCCCCCCCCCC=COC(=O)CCCCCCCCCCCCC. The number of esters is 1. The minimum Gasteiger partial charge on any atom is -0.435 e. The number of ether oxygens (including phenoxy) is 1. The zero-order chi connectivity index (χ0) is 26.2. The van der Waals surface area contributed by atoms with Gasteiger partial charge < -0.3 is 4.74 Å². The first-order valence-electron chi connectivity index (χ1n) is 16.7. The van der Waals surface area contributed by atoms with Crippen LogP contribution in [0, 0.1) is 0 Å². The first-order chi connectivity index (χ1) is 17.8. The van der Waals surface area contributed by atoms with E-state index >= 15 is 0 Å². The van der Waals surface area contributed by atoms with Crippen molar-refractivity contribution in [3.05, 3.63) is 12.3 Å². The lowest BCUT2D eigenvalue weighted by Gasteiger charge is -2.03. The second kappa shape index (κ2) is 32.2. The number of carbonyl (C=O) groups is 1. The summed E-state index contributed by atoms with van der Waals surface area (Å²) in [5.41, 5.74) is 0. The third-order valence-corrected chi connectivity index (χ3v) is 7.50. The number of allylic oxidation sites excluding steroid dienone is 1. The van der Waals surface area contributed by atoms with E-state index in [9.17, 15) is 4.79 Å². The number of hydrogen-bond donors (Lipinski definition) is 0. The molecule has 0 amide bonds. The summed E-state index contributed by atoms with van der Waals surface area (Å²) in [7, 11) is 0. The maximum absolute atomic E-state index is 11.8. The lowest BCUT2D eigenvalue weighted by Crippen LogP contribution is -1.98. The average molecular weight is 507 g/mol. The van der Waals surface area contributed by atoms with Crippen molar-refractivity contribution in [1.29, 1.82) is 0 Å². The molecular formula is C34H66O2. The van der Waals surface area contributed by atoms with Crippen molar-refractivity contribution < 1.29 is 9.53 Å². The average Bonchev–Trinajstić information content (AvgIpc) is 2.88. The van der Waals surface area contributed by atoms with E-state index in [4.69, 9.17) is 4.74 Å². The van der Waals surface area contributed by atoms with Crippen LogP contribution in [0.1, 0.15) is 200 Å². The Labute approximate surface area is 227 Å². The van der Waals surface area contributed by atoms with Crippen LogP contribution in [0.2, 0.25) is 0 Å². The fraction of sp³-hybridized carbons (Fsp3) is 0.912. The van der Waals surface area contributed by atoms with Crippen molar-refractivity contribution in [2.45, 2.75) is 200 Å². The van der Waals surface area contributed by atoms with Crippen LogP contribution < -0.4 is 0 Å². The summed E-state index contributed by atoms with van der Waals surface area (Å²) in [4.78, 5) is 11.8. The Morgan fingerprint density at radius 1 is 0.444 bits per heavy atom. The van der Waals surface area contributed by atoms with Gasteiger partial charge in [-0.3, -0.25) is 4.79 Å². The highest BCUT2D eigenvalue weighted by Crippen LogP contribution is 2.15. The molecule has 0 fully saturated rings. The van der Waals surface area contributed by atoms with Gasteiger partial charge in [0.1, 0.15) is 0 Å². The standard InChI is InChI=1S/C34H66O2/c1-3-5-7-9-11-13-15-16-17-18-19-20-21-23-25-27-29-31-33-36-34(35)32-30-28-26-24-22-14-12-10-8-6-4-2/h31,33H,3-30,32H2,1-2H3. The van der Waals surface area contributed by atoms with E-state index < -0.39 is 0 Å². The van der Waals surface area contributed by atoms with Gasteiger partial charge in [0.05, 0.1) is 6.26 Å². The summed E-state index contributed by atoms with van der Waals surface area (Å²) in [6, 6.07) is 0. The van der Waals surface area contributed by atoms with Gasteiger partial charge in [-0.2, -0.15) is 0 Å². The monoisotopic (exact) mass is 507 g/mol. The molecule has 0 spiro atoms. The number of hydrogen-bond acceptors (Lipinski definition) is 2. The molecule has 0 unspecified atom stereocenters. The summed E-state index contributed by atoms with van der Waals surface area (Å²) in [5, 5.41) is 0. The molecule has 0 aromatic rings. The fourth-order valence-electron chi connectivity index (χ4n) is 4.99. The molecule has 2 heteroatoms. The molecule has 0 saturated carbocycles. The van der Waals surface area contributed by atoms with Crippen LogP contribution in [-0.2, 0) is 9.53 Å². The predicted molar refractivity (Wildman–Crippen MR) is 160 cm³/mol. The Bertz CT molecular complexity index is 442. The summed E-state index contributed by atoms with van der Waals surface area (Å²) in [6.45, 7) is 4.56. The molecule has 0 aliphatic heterocycles. The van der Waals surface area contributed by atoms with E-state index in [1.807, 2.05) is 6.08 Å². The van der Waals surface area contributed by atoms with E-state index in [1.54, 1.807) is 6.26 Å². The van der Waals surface area contributed by atoms with E-state index in [0.29, 0.717) is 6.42 Å². The van der Waals surface area contributed by atoms with Crippen molar-refractivity contribution >= 4 is 5.97 Å². The summed E-state index contributed by atoms with van der Waals surface area (Å²) in [5.74, 6) is -0.0610. The van der Waals surface area contributed by atoms with Gasteiger partial charge in [0.2, 0.25) is 0 Å². The Balaban J connectivity index is 3.20. The normalized spacial score (nSPS) is 11.5. The van der Waals surface area contributed by atoms with Crippen molar-refractivity contribution in [1.82, 2.24) is 0 Å². The predicted octanol–water partition coefficient (Wildman–Crippen LogP) is 12.4. The maximum Gasteiger partial charge on any atom is 0.310 e. The zero-order valence-electron chi connectivity index (χ0n) is 25.0. The molecule has 0 N–H and O–H groups in total. The van der Waals surface area contributed by atoms with Gasteiger partial charge in [0, 0.05) is 6.42 Å². The molecule has 0 aliphatic carbocycles. The molecule has 0 aliphatic rings. The van der Waals surface area contributed by atoms with Gasteiger partial charge in [-0.25, -0.2) is 0 Å². The van der Waals surface area contributed by atoms with Crippen LogP contribution in [0.15, 0.2) is 12.3 Å². The molecule has 0 aromatic heterocycles. The highest BCUT2D eigenvalue weighted by Gasteiger charge is 2.01. The lowest BCUT2D eigenvalue weighted by atomic mass is 10.0. The van der Waals surface area contributed by atoms with Crippen LogP contribution in [0.25, 0.3) is 0 Å². The van der Waals surface area contributed by atoms with Gasteiger partial charge >= 0.3 is 5.97 Å². The van der Waals surface area contributed by atoms with Gasteiger partial charge in [0.25, 0.3) is 0 Å². The largest absolute Gasteiger partial charge is 0.435 e. The van der Waals surface area contributed by atoms with Gasteiger partial charge in [-0.05, 0) is 25.3 Å². The molecular weight excluding hydrogens is 440 g/mol. The molecule has 214 valence electrons. The van der Waals surface area contributed by atoms with Crippen molar-refractivity contribution in [3.63, 3.8) is 0 Å². The van der Waals surface area contributed by atoms with Crippen LogP contribution in [0.4, 0.5) is 0 Å². The molecule has 0 atom stereocenters. The molecule has 0 radical (unpaired) electrons. The number of carbonyl (C=O) groups excluding carboxylic acids is 1. The molecule has 0 aromatic carbocycles. The lowest BCUT2D eigenvalue weighted by molar-refractivity contribution is -0.138. The summed E-state index contributed by atoms with van der Waals surface area (Å²) in [6.07, 6.45) is 42.1. The van der Waals surface area contributed by atoms with Crippen LogP contribution in [0.5, 0.6) is 0 Å². The third-order valence-electron chi connectivity index (χ3n) is 7.50. The number of unbranched alkanes of at least 4 members (excludes halogenated alkanes) is 26. The van der Waals surface area contributed by atoms with E-state index in [2.05, 4.69) is 13.8 Å². The summed E-state index contributed by atoms with van der Waals surface area (Å²) >= 11 is 0. The molecule has 0 rings (SSSR count). The Morgan fingerprint density at radius 3 is 1.11 bits per heavy atom. The Morgan fingerprint density at radius 2 is 0.750 bits per heavy atom. The van der Waals surface area contributed by atoms with Crippen molar-refractivity contribution in [3.8, 4) is 0 Å². The highest BCUT2D eigenvalue weighted by atomic mass is 16.5. The molecule has 2 nitrogen and oxygen atoms in total. The molecule has 0 bridgehead atoms. The second-order valence-electron chi connectivity index (χ2n) is 11.2. The topological polar surface area (TPSA) is 26.3 Å². The van der Waals surface area contributed by atoms with Gasteiger partial charge in [-0.1, -0.05) is 174 Å². The second-order valence-corrected chi connectivity index (χ2v) is 11.2. The first kappa shape index (κ1) is 35.2. The minimum atomic E-state index is -0.0610. The zero-order valence-corrected chi connectivity index (χ0v) is 25.0. The minimum absolute atomic E-state index is 0.0610. The Hall–Kier alpha value is -0.790. The van der Waals surface area contributed by atoms with Gasteiger partial charge in [0.15, 0.2) is 0 Å². The first-order valence-corrected chi connectivity index (χ1v) is 16.7. The van der Waals surface area contributed by atoms with E-state index in [0.717, 1.165) is 19.3 Å². The van der Waals surface area contributed by atoms with Crippen LogP contribution in [-0.4, -0.2) is 5.97 Å². The third kappa shape index (κ3) is 31.2. The van der Waals surface area contributed by atoms with Gasteiger partial charge in [-0.15, -0.1) is 0 Å². The van der Waals surface area contributed by atoms with E-state index in [1.165, 1.54) is 161 Å². The highest BCUT2D eigenvalue weighted by molar-refractivity contribution is 5.69. The van der Waals surface area contributed by atoms with E-state index in [-0.39, 0.29) is 5.97 Å². The molecule has 0 saturated heterocycles. The maximum atomic E-state index is 11.8. The molecule has 36 heavy (non-hydrogen) atoms. The molecule has 0 heterocycles. The van der Waals surface area contributed by atoms with Crippen LogP contribution in [0.3, 0.4) is 0 Å². The Kier molecular flexibility index (Phi) is 31.5. The smallest absolute Gasteiger partial charge is 0.310 e. The number of rotatable bonds is 30. The quantitative estimate of drug-likeness (QED) is 0.0550. The fourth-order valence-corrected chi connectivity index (χ4v) is 4.99. The summed E-state index contributed by atoms with van der Waals surface area (Å²) < 4.78 is 5.24. The van der Waals surface area contributed by atoms with Crippen LogP contribution >= 0.6 is 0 Å². The van der Waals surface area contributed by atoms with Crippen molar-refractivity contribution in [2.24, 2.45) is 0 Å².